The number of thioether (sulfide) groups is 1. The number of ether oxygens (including phenoxy) is 1. The third-order valence-electron chi connectivity index (χ3n) is 4.68. The van der Waals surface area contributed by atoms with Gasteiger partial charge in [0.05, 0.1) is 15.0 Å². The first kappa shape index (κ1) is 25.5. The van der Waals surface area contributed by atoms with Crippen LogP contribution in [0.25, 0.3) is 6.08 Å². The molecule has 0 aromatic heterocycles. The molecule has 0 atom stereocenters. The third-order valence-corrected chi connectivity index (χ3v) is 7.21. The van der Waals surface area contributed by atoms with Gasteiger partial charge in [0.15, 0.2) is 4.32 Å². The van der Waals surface area contributed by atoms with E-state index in [9.17, 15) is 9.59 Å². The zero-order valence-electron chi connectivity index (χ0n) is 17.8. The van der Waals surface area contributed by atoms with Gasteiger partial charge in [-0.3, -0.25) is 4.79 Å². The van der Waals surface area contributed by atoms with Crippen LogP contribution in [0.1, 0.15) is 11.1 Å². The lowest BCUT2D eigenvalue weighted by Gasteiger charge is -2.16. The molecule has 3 aromatic rings. The molecule has 3 aromatic carbocycles. The van der Waals surface area contributed by atoms with E-state index in [4.69, 9.17) is 40.2 Å². The Morgan fingerprint density at radius 1 is 1.09 bits per heavy atom. The molecule has 1 saturated heterocycles. The first-order valence-electron chi connectivity index (χ1n) is 10.1. The number of carbonyl (C=O) groups is 2. The molecule has 1 aliphatic rings. The predicted molar refractivity (Wildman–Crippen MR) is 149 cm³/mol. The number of rotatable bonds is 6. The number of carbonyl (C=O) groups excluding carboxylic acids is 2. The van der Waals surface area contributed by atoms with Crippen LogP contribution < -0.4 is 15.5 Å². The van der Waals surface area contributed by atoms with Crippen LogP contribution >= 0.6 is 63.1 Å². The quantitative estimate of drug-likeness (QED) is 0.227. The zero-order valence-corrected chi connectivity index (χ0v) is 22.5. The molecular weight excluding hydrogens is 593 g/mol. The molecule has 1 heterocycles. The molecule has 11 heteroatoms. The molecule has 0 bridgehead atoms. The third kappa shape index (κ3) is 6.56. The average Bonchev–Trinajstić information content (AvgIpc) is 3.09. The summed E-state index contributed by atoms with van der Waals surface area (Å²) in [6.45, 7) is 0.376. The highest BCUT2D eigenvalue weighted by Gasteiger charge is 2.34. The average molecular weight is 609 g/mol. The fraction of sp³-hybridized carbons (Fsp3) is 0.0417. The van der Waals surface area contributed by atoms with Crippen molar-refractivity contribution in [2.45, 2.75) is 6.61 Å². The Morgan fingerprint density at radius 3 is 2.60 bits per heavy atom. The minimum absolute atomic E-state index is 0.187. The van der Waals surface area contributed by atoms with Gasteiger partial charge in [0.25, 0.3) is 5.91 Å². The number of hydrogen-bond acceptors (Lipinski definition) is 5. The van der Waals surface area contributed by atoms with Crippen molar-refractivity contribution in [3.8, 4) is 5.75 Å². The van der Waals surface area contributed by atoms with Gasteiger partial charge < -0.3 is 10.1 Å². The van der Waals surface area contributed by atoms with E-state index in [2.05, 4.69) is 26.7 Å². The summed E-state index contributed by atoms with van der Waals surface area (Å²) < 4.78 is 7.01. The molecule has 178 valence electrons. The first-order valence-corrected chi connectivity index (χ1v) is 12.8. The lowest BCUT2D eigenvalue weighted by atomic mass is 10.2. The highest BCUT2D eigenvalue weighted by Crippen LogP contribution is 2.34. The molecular formula is C24H16BrCl2N3O3S2. The van der Waals surface area contributed by atoms with Crippen LogP contribution in [-0.4, -0.2) is 21.3 Å². The summed E-state index contributed by atoms with van der Waals surface area (Å²) >= 11 is 21.7. The van der Waals surface area contributed by atoms with E-state index >= 15 is 0 Å². The van der Waals surface area contributed by atoms with Crippen molar-refractivity contribution in [1.29, 1.82) is 0 Å². The van der Waals surface area contributed by atoms with E-state index < -0.39 is 11.9 Å². The summed E-state index contributed by atoms with van der Waals surface area (Å²) in [4.78, 5) is 25.8. The smallest absolute Gasteiger partial charge is 0.338 e. The van der Waals surface area contributed by atoms with Gasteiger partial charge in [-0.1, -0.05) is 81.2 Å². The standard InChI is InChI=1S/C24H16BrCl2N3O3S2/c25-16-6-9-20(33-13-14-4-2-1-3-5-14)15(10-16)11-21-22(31)30(24(34)35-21)29-23(32)28-17-7-8-18(26)19(27)12-17/h1-12H,13H2,(H2,28,29,32)/b21-11-. The normalized spacial score (nSPS) is 14.4. The van der Waals surface area contributed by atoms with Crippen LogP contribution in [0.3, 0.4) is 0 Å². The summed E-state index contributed by atoms with van der Waals surface area (Å²) in [6, 6.07) is 19.3. The Morgan fingerprint density at radius 2 is 1.86 bits per heavy atom. The second-order valence-electron chi connectivity index (χ2n) is 7.17. The van der Waals surface area contributed by atoms with Crippen LogP contribution in [0.2, 0.25) is 10.0 Å². The Hall–Kier alpha value is -2.56. The molecule has 4 rings (SSSR count). The summed E-state index contributed by atoms with van der Waals surface area (Å²) in [5.41, 5.74) is 4.58. The molecule has 6 nitrogen and oxygen atoms in total. The van der Waals surface area contributed by atoms with Crippen LogP contribution in [0.15, 0.2) is 76.1 Å². The van der Waals surface area contributed by atoms with Crippen molar-refractivity contribution >= 4 is 91.1 Å². The summed E-state index contributed by atoms with van der Waals surface area (Å²) in [7, 11) is 0. The molecule has 0 aliphatic carbocycles. The van der Waals surface area contributed by atoms with Gasteiger partial charge in [-0.2, -0.15) is 5.01 Å². The second kappa shape index (κ2) is 11.5. The number of hydrazine groups is 1. The molecule has 1 aliphatic heterocycles. The number of benzene rings is 3. The van der Waals surface area contributed by atoms with Gasteiger partial charge in [-0.15, -0.1) is 0 Å². The summed E-state index contributed by atoms with van der Waals surface area (Å²) in [5, 5.41) is 4.25. The molecule has 0 spiro atoms. The highest BCUT2D eigenvalue weighted by molar-refractivity contribution is 9.10. The first-order chi connectivity index (χ1) is 16.8. The topological polar surface area (TPSA) is 70.7 Å². The van der Waals surface area contributed by atoms with Gasteiger partial charge in [-0.05, 0) is 60.3 Å². The van der Waals surface area contributed by atoms with Crippen molar-refractivity contribution in [1.82, 2.24) is 10.4 Å². The maximum atomic E-state index is 13.0. The Bertz CT molecular complexity index is 1340. The monoisotopic (exact) mass is 607 g/mol. The van der Waals surface area contributed by atoms with Crippen molar-refractivity contribution < 1.29 is 14.3 Å². The van der Waals surface area contributed by atoms with E-state index in [1.54, 1.807) is 18.2 Å². The molecule has 0 saturated carbocycles. The fourth-order valence-corrected chi connectivity index (χ4v) is 4.89. The largest absolute Gasteiger partial charge is 0.488 e. The fourth-order valence-electron chi connectivity index (χ4n) is 3.04. The molecule has 0 unspecified atom stereocenters. The predicted octanol–water partition coefficient (Wildman–Crippen LogP) is 7.27. The lowest BCUT2D eigenvalue weighted by Crippen LogP contribution is -2.46. The van der Waals surface area contributed by atoms with E-state index in [0.717, 1.165) is 26.8 Å². The number of thiocarbonyl (C=S) groups is 1. The van der Waals surface area contributed by atoms with Gasteiger partial charge in [0.2, 0.25) is 0 Å². The van der Waals surface area contributed by atoms with Gasteiger partial charge in [0, 0.05) is 15.7 Å². The Balaban J connectivity index is 1.47. The molecule has 1 fully saturated rings. The van der Waals surface area contributed by atoms with Crippen molar-refractivity contribution in [3.05, 3.63) is 97.3 Å². The maximum absolute atomic E-state index is 13.0. The SMILES string of the molecule is O=C(Nc1ccc(Cl)c(Cl)c1)NN1C(=O)/C(=C/c2cc(Br)ccc2OCc2ccccc2)SC1=S. The summed E-state index contributed by atoms with van der Waals surface area (Å²) in [6.07, 6.45) is 1.68. The van der Waals surface area contributed by atoms with Crippen molar-refractivity contribution in [3.63, 3.8) is 0 Å². The number of hydrogen-bond donors (Lipinski definition) is 2. The minimum Gasteiger partial charge on any atom is -0.488 e. The van der Waals surface area contributed by atoms with Crippen LogP contribution in [0.4, 0.5) is 10.5 Å². The molecule has 3 amide bonds. The van der Waals surface area contributed by atoms with Crippen LogP contribution in [0.5, 0.6) is 5.75 Å². The number of halogens is 3. The van der Waals surface area contributed by atoms with E-state index in [-0.39, 0.29) is 9.34 Å². The maximum Gasteiger partial charge on any atom is 0.338 e. The summed E-state index contributed by atoms with van der Waals surface area (Å²) in [5.74, 6) is 0.144. The van der Waals surface area contributed by atoms with E-state index in [1.807, 2.05) is 48.5 Å². The highest BCUT2D eigenvalue weighted by atomic mass is 79.9. The molecule has 0 radical (unpaired) electrons. The van der Waals surface area contributed by atoms with Gasteiger partial charge in [-0.25, -0.2) is 10.2 Å². The van der Waals surface area contributed by atoms with Crippen LogP contribution in [-0.2, 0) is 11.4 Å². The van der Waals surface area contributed by atoms with Crippen molar-refractivity contribution in [2.75, 3.05) is 5.32 Å². The number of amides is 3. The lowest BCUT2D eigenvalue weighted by molar-refractivity contribution is -0.123. The van der Waals surface area contributed by atoms with Gasteiger partial charge in [0.1, 0.15) is 12.4 Å². The number of nitrogens with zero attached hydrogens (tertiary/aromatic N) is 1. The second-order valence-corrected chi connectivity index (χ2v) is 10.6. The van der Waals surface area contributed by atoms with Crippen molar-refractivity contribution in [2.24, 2.45) is 0 Å². The minimum atomic E-state index is -0.657. The Labute approximate surface area is 229 Å². The number of urea groups is 1. The number of nitrogens with one attached hydrogen (secondary N) is 2. The van der Waals surface area contributed by atoms with E-state index in [0.29, 0.717) is 33.5 Å². The number of anilines is 1. The molecule has 2 N–H and O–H groups in total. The molecule has 35 heavy (non-hydrogen) atoms. The van der Waals surface area contributed by atoms with E-state index in [1.165, 1.54) is 6.07 Å². The van der Waals surface area contributed by atoms with Crippen LogP contribution in [0, 0.1) is 0 Å². The zero-order chi connectivity index (χ0) is 24.9. The Kier molecular flexibility index (Phi) is 8.35. The van der Waals surface area contributed by atoms with Gasteiger partial charge >= 0.3 is 6.03 Å².